The van der Waals surface area contributed by atoms with Gasteiger partial charge < -0.3 is 10.3 Å². The average Bonchev–Trinajstić information content (AvgIpc) is 2.78. The van der Waals surface area contributed by atoms with Crippen molar-refractivity contribution in [1.82, 2.24) is 15.3 Å². The lowest BCUT2D eigenvalue weighted by molar-refractivity contribution is 0.0946. The van der Waals surface area contributed by atoms with Gasteiger partial charge in [-0.1, -0.05) is 0 Å². The first-order valence-corrected chi connectivity index (χ1v) is 6.26. The normalized spacial score (nSPS) is 14.2. The molecule has 2 aromatic rings. The van der Waals surface area contributed by atoms with Crippen molar-refractivity contribution in [3.05, 3.63) is 40.0 Å². The fourth-order valence-corrected chi connectivity index (χ4v) is 2.40. The number of H-pyrrole nitrogens is 1. The molecule has 0 aromatic carbocycles. The second-order valence-electron chi connectivity index (χ2n) is 4.04. The van der Waals surface area contributed by atoms with E-state index in [4.69, 9.17) is 0 Å². The number of pyridine rings is 1. The Bertz CT molecular complexity index is 638. The molecule has 0 saturated heterocycles. The van der Waals surface area contributed by atoms with E-state index in [-0.39, 0.29) is 10.5 Å². The maximum atomic E-state index is 13.9. The van der Waals surface area contributed by atoms with Gasteiger partial charge in [-0.25, -0.2) is 9.37 Å². The molecule has 18 heavy (non-hydrogen) atoms. The van der Waals surface area contributed by atoms with Gasteiger partial charge in [-0.15, -0.1) is 0 Å². The third-order valence-corrected chi connectivity index (χ3v) is 3.49. The van der Waals surface area contributed by atoms with Crippen LogP contribution >= 0.6 is 15.9 Å². The summed E-state index contributed by atoms with van der Waals surface area (Å²) in [5.74, 6) is -0.552. The van der Waals surface area contributed by atoms with Crippen LogP contribution in [-0.2, 0) is 6.42 Å². The Kier molecular flexibility index (Phi) is 2.66. The predicted molar refractivity (Wildman–Crippen MR) is 67.7 cm³/mol. The highest BCUT2D eigenvalue weighted by atomic mass is 79.9. The molecule has 92 valence electrons. The molecule has 3 rings (SSSR count). The minimum absolute atomic E-state index is 0.118. The standard InChI is InChI=1S/C12H9BrFN3O/c13-11-10(14)6(1-3-15-11)9-5-7-8(17-9)2-4-16-12(7)18/h1,3,5,17H,2,4H2,(H,16,18). The predicted octanol–water partition coefficient (Wildman–Crippen LogP) is 2.26. The van der Waals surface area contributed by atoms with Crippen LogP contribution in [0.5, 0.6) is 0 Å². The minimum atomic E-state index is -0.434. The van der Waals surface area contributed by atoms with Gasteiger partial charge in [-0.2, -0.15) is 0 Å². The lowest BCUT2D eigenvalue weighted by atomic mass is 10.1. The molecule has 2 N–H and O–H groups in total. The van der Waals surface area contributed by atoms with Crippen molar-refractivity contribution in [2.24, 2.45) is 0 Å². The topological polar surface area (TPSA) is 57.8 Å². The van der Waals surface area contributed by atoms with E-state index >= 15 is 0 Å². The van der Waals surface area contributed by atoms with Crippen LogP contribution in [0, 0.1) is 5.82 Å². The SMILES string of the molecule is O=C1NCCc2[nH]c(-c3ccnc(Br)c3F)cc21. The summed E-state index contributed by atoms with van der Waals surface area (Å²) in [7, 11) is 0. The highest BCUT2D eigenvalue weighted by Crippen LogP contribution is 2.28. The number of amides is 1. The first-order valence-electron chi connectivity index (χ1n) is 5.47. The monoisotopic (exact) mass is 309 g/mol. The third kappa shape index (κ3) is 1.73. The van der Waals surface area contributed by atoms with E-state index in [1.807, 2.05) is 0 Å². The largest absolute Gasteiger partial charge is 0.358 e. The lowest BCUT2D eigenvalue weighted by Crippen LogP contribution is -2.31. The molecule has 3 heterocycles. The van der Waals surface area contributed by atoms with Crippen molar-refractivity contribution in [2.75, 3.05) is 6.54 Å². The van der Waals surface area contributed by atoms with Crippen molar-refractivity contribution in [3.8, 4) is 11.3 Å². The van der Waals surface area contributed by atoms with Crippen molar-refractivity contribution in [3.63, 3.8) is 0 Å². The van der Waals surface area contributed by atoms with Gasteiger partial charge in [0.05, 0.1) is 5.56 Å². The zero-order chi connectivity index (χ0) is 12.7. The number of aromatic nitrogens is 2. The number of aromatic amines is 1. The molecule has 0 radical (unpaired) electrons. The van der Waals surface area contributed by atoms with E-state index in [0.717, 1.165) is 12.1 Å². The number of hydrogen-bond acceptors (Lipinski definition) is 2. The molecule has 1 aliphatic heterocycles. The number of hydrogen-bond donors (Lipinski definition) is 2. The Morgan fingerprint density at radius 3 is 3.00 bits per heavy atom. The Morgan fingerprint density at radius 1 is 1.39 bits per heavy atom. The Labute approximate surface area is 111 Å². The fraction of sp³-hybridized carbons (Fsp3) is 0.167. The summed E-state index contributed by atoms with van der Waals surface area (Å²) in [6, 6.07) is 3.25. The van der Waals surface area contributed by atoms with E-state index < -0.39 is 5.82 Å². The van der Waals surface area contributed by atoms with Crippen LogP contribution in [0.4, 0.5) is 4.39 Å². The molecule has 1 aliphatic rings. The fourth-order valence-electron chi connectivity index (χ4n) is 2.06. The number of nitrogens with zero attached hydrogens (tertiary/aromatic N) is 1. The minimum Gasteiger partial charge on any atom is -0.358 e. The highest BCUT2D eigenvalue weighted by molar-refractivity contribution is 9.10. The number of fused-ring (bicyclic) bond motifs is 1. The van der Waals surface area contributed by atoms with Crippen molar-refractivity contribution in [2.45, 2.75) is 6.42 Å². The average molecular weight is 310 g/mol. The molecule has 0 aliphatic carbocycles. The second kappa shape index (κ2) is 4.20. The molecule has 1 amide bonds. The zero-order valence-corrected chi connectivity index (χ0v) is 10.8. The molecular weight excluding hydrogens is 301 g/mol. The molecule has 0 unspecified atom stereocenters. The van der Waals surface area contributed by atoms with Gasteiger partial charge >= 0.3 is 0 Å². The van der Waals surface area contributed by atoms with Crippen molar-refractivity contribution < 1.29 is 9.18 Å². The Hall–Kier alpha value is -1.69. The highest BCUT2D eigenvalue weighted by Gasteiger charge is 2.21. The van der Waals surface area contributed by atoms with Gasteiger partial charge in [0, 0.05) is 36.1 Å². The molecule has 0 spiro atoms. The first kappa shape index (κ1) is 11.4. The van der Waals surface area contributed by atoms with E-state index in [1.165, 1.54) is 6.20 Å². The number of rotatable bonds is 1. The molecular formula is C12H9BrFN3O. The molecule has 6 heteroatoms. The zero-order valence-electron chi connectivity index (χ0n) is 9.26. The van der Waals surface area contributed by atoms with Crippen LogP contribution in [0.3, 0.4) is 0 Å². The first-order chi connectivity index (χ1) is 8.66. The van der Waals surface area contributed by atoms with Crippen LogP contribution in [0.25, 0.3) is 11.3 Å². The van der Waals surface area contributed by atoms with Crippen molar-refractivity contribution >= 4 is 21.8 Å². The molecule has 0 fully saturated rings. The Morgan fingerprint density at radius 2 is 2.22 bits per heavy atom. The molecule has 0 atom stereocenters. The summed E-state index contributed by atoms with van der Waals surface area (Å²) < 4.78 is 14.1. The molecule has 0 saturated carbocycles. The van der Waals surface area contributed by atoms with Crippen LogP contribution in [-0.4, -0.2) is 22.4 Å². The third-order valence-electron chi connectivity index (χ3n) is 2.94. The Balaban J connectivity index is 2.13. The van der Waals surface area contributed by atoms with Gasteiger partial charge in [-0.3, -0.25) is 4.79 Å². The van der Waals surface area contributed by atoms with Gasteiger partial charge in [0.2, 0.25) is 0 Å². The van der Waals surface area contributed by atoms with Gasteiger partial charge in [0.25, 0.3) is 5.91 Å². The van der Waals surface area contributed by atoms with Gasteiger partial charge in [0.1, 0.15) is 4.60 Å². The van der Waals surface area contributed by atoms with E-state index in [1.54, 1.807) is 12.1 Å². The number of carbonyl (C=O) groups excluding carboxylic acids is 1. The van der Waals surface area contributed by atoms with Crippen LogP contribution < -0.4 is 5.32 Å². The van der Waals surface area contributed by atoms with Gasteiger partial charge in [0.15, 0.2) is 5.82 Å². The summed E-state index contributed by atoms with van der Waals surface area (Å²) in [6.45, 7) is 0.605. The maximum Gasteiger partial charge on any atom is 0.253 e. The molecule has 0 bridgehead atoms. The van der Waals surface area contributed by atoms with Crippen molar-refractivity contribution in [1.29, 1.82) is 0 Å². The summed E-state index contributed by atoms with van der Waals surface area (Å²) >= 11 is 3.05. The summed E-state index contributed by atoms with van der Waals surface area (Å²) in [6.07, 6.45) is 2.25. The maximum absolute atomic E-state index is 13.9. The van der Waals surface area contributed by atoms with Gasteiger partial charge in [-0.05, 0) is 28.1 Å². The number of halogens is 2. The summed E-state index contributed by atoms with van der Waals surface area (Å²) in [5, 5.41) is 2.75. The molecule has 2 aromatic heterocycles. The summed E-state index contributed by atoms with van der Waals surface area (Å²) in [4.78, 5) is 18.5. The second-order valence-corrected chi connectivity index (χ2v) is 4.80. The van der Waals surface area contributed by atoms with E-state index in [9.17, 15) is 9.18 Å². The molecule has 4 nitrogen and oxygen atoms in total. The quantitative estimate of drug-likeness (QED) is 0.794. The lowest BCUT2D eigenvalue weighted by Gasteiger charge is -2.10. The van der Waals surface area contributed by atoms with Crippen LogP contribution in [0.2, 0.25) is 0 Å². The van der Waals surface area contributed by atoms with Crippen LogP contribution in [0.15, 0.2) is 22.9 Å². The number of nitrogens with one attached hydrogen (secondary N) is 2. The smallest absolute Gasteiger partial charge is 0.253 e. The van der Waals surface area contributed by atoms with E-state index in [0.29, 0.717) is 23.4 Å². The van der Waals surface area contributed by atoms with Crippen LogP contribution in [0.1, 0.15) is 16.1 Å². The summed E-state index contributed by atoms with van der Waals surface area (Å²) in [5.41, 5.74) is 2.43. The van der Waals surface area contributed by atoms with E-state index in [2.05, 4.69) is 31.2 Å². The number of carbonyl (C=O) groups is 1.